The van der Waals surface area contributed by atoms with Gasteiger partial charge < -0.3 is 4.74 Å². The molecule has 0 bridgehead atoms. The lowest BCUT2D eigenvalue weighted by atomic mass is 10.0. The number of rotatable bonds is 14. The van der Waals surface area contributed by atoms with E-state index in [9.17, 15) is 0 Å². The van der Waals surface area contributed by atoms with Crippen LogP contribution in [0.2, 0.25) is 0 Å². The van der Waals surface area contributed by atoms with Crippen LogP contribution in [0, 0.1) is 5.92 Å². The summed E-state index contributed by atoms with van der Waals surface area (Å²) in [5, 5.41) is 8.53. The predicted octanol–water partition coefficient (Wildman–Crippen LogP) is 7.25. The molecule has 0 aliphatic heterocycles. The average Bonchev–Trinajstić information content (AvgIpc) is 2.74. The Labute approximate surface area is 171 Å². The van der Waals surface area contributed by atoms with Gasteiger partial charge in [0.25, 0.3) is 0 Å². The highest BCUT2D eigenvalue weighted by molar-refractivity contribution is 5.58. The first kappa shape index (κ1) is 22.4. The maximum Gasteiger partial charge on any atom is 0.233 e. The van der Waals surface area contributed by atoms with Crippen LogP contribution in [0.15, 0.2) is 36.4 Å². The summed E-state index contributed by atoms with van der Waals surface area (Å²) in [6.07, 6.45) is 13.2. The standard InChI is InChI=1S/C25H38N2O/c1-4-6-7-8-9-10-11-12-13-22-14-16-23(17-15-22)24-18-19-25(27-26-24)28-20-21(3)5-2/h14-19,21H,4-13,20H2,1-3H3. The Morgan fingerprint density at radius 3 is 2.07 bits per heavy atom. The van der Waals surface area contributed by atoms with Crippen molar-refractivity contribution in [3.63, 3.8) is 0 Å². The van der Waals surface area contributed by atoms with Crippen molar-refractivity contribution < 1.29 is 4.74 Å². The van der Waals surface area contributed by atoms with Gasteiger partial charge in [0.1, 0.15) is 0 Å². The third-order valence-electron chi connectivity index (χ3n) is 5.42. The molecule has 0 spiro atoms. The van der Waals surface area contributed by atoms with Crippen LogP contribution in [-0.2, 0) is 6.42 Å². The molecule has 0 amide bonds. The van der Waals surface area contributed by atoms with E-state index in [1.165, 1.54) is 63.4 Å². The highest BCUT2D eigenvalue weighted by atomic mass is 16.5. The molecule has 0 saturated carbocycles. The predicted molar refractivity (Wildman–Crippen MR) is 119 cm³/mol. The van der Waals surface area contributed by atoms with Gasteiger partial charge in [-0.25, -0.2) is 0 Å². The van der Waals surface area contributed by atoms with Gasteiger partial charge in [-0.15, -0.1) is 10.2 Å². The van der Waals surface area contributed by atoms with Gasteiger partial charge in [0.15, 0.2) is 0 Å². The molecule has 3 nitrogen and oxygen atoms in total. The van der Waals surface area contributed by atoms with Gasteiger partial charge >= 0.3 is 0 Å². The zero-order chi connectivity index (χ0) is 20.0. The van der Waals surface area contributed by atoms with Crippen LogP contribution in [0.4, 0.5) is 0 Å². The second kappa shape index (κ2) is 13.3. The second-order valence-electron chi connectivity index (χ2n) is 8.00. The fourth-order valence-electron chi connectivity index (χ4n) is 3.20. The lowest BCUT2D eigenvalue weighted by Crippen LogP contribution is -2.08. The number of nitrogens with zero attached hydrogens (tertiary/aromatic N) is 2. The SMILES string of the molecule is CCCCCCCCCCc1ccc(-c2ccc(OCC(C)CC)nn2)cc1. The van der Waals surface area contributed by atoms with E-state index in [0.29, 0.717) is 18.4 Å². The Morgan fingerprint density at radius 2 is 1.46 bits per heavy atom. The number of unbranched alkanes of at least 4 members (excludes halogenated alkanes) is 7. The van der Waals surface area contributed by atoms with Crippen molar-refractivity contribution >= 4 is 0 Å². The molecule has 1 heterocycles. The monoisotopic (exact) mass is 382 g/mol. The molecular formula is C25H38N2O. The van der Waals surface area contributed by atoms with Gasteiger partial charge in [-0.2, -0.15) is 0 Å². The summed E-state index contributed by atoms with van der Waals surface area (Å²) in [5.74, 6) is 1.14. The van der Waals surface area contributed by atoms with Crippen LogP contribution in [0.5, 0.6) is 5.88 Å². The number of aromatic nitrogens is 2. The number of ether oxygens (including phenoxy) is 1. The Morgan fingerprint density at radius 1 is 0.786 bits per heavy atom. The van der Waals surface area contributed by atoms with Crippen LogP contribution >= 0.6 is 0 Å². The van der Waals surface area contributed by atoms with Crippen LogP contribution in [-0.4, -0.2) is 16.8 Å². The van der Waals surface area contributed by atoms with Crippen molar-refractivity contribution in [2.24, 2.45) is 5.92 Å². The molecule has 2 rings (SSSR count). The van der Waals surface area contributed by atoms with E-state index in [1.807, 2.05) is 12.1 Å². The van der Waals surface area contributed by atoms with Gasteiger partial charge in [-0.3, -0.25) is 0 Å². The van der Waals surface area contributed by atoms with E-state index in [1.54, 1.807) is 0 Å². The van der Waals surface area contributed by atoms with Gasteiger partial charge in [-0.1, -0.05) is 96.4 Å². The van der Waals surface area contributed by atoms with E-state index in [4.69, 9.17) is 4.74 Å². The summed E-state index contributed by atoms with van der Waals surface area (Å²) in [6.45, 7) is 7.31. The molecule has 0 saturated heterocycles. The molecule has 154 valence electrons. The van der Waals surface area contributed by atoms with Crippen molar-refractivity contribution in [3.05, 3.63) is 42.0 Å². The van der Waals surface area contributed by atoms with E-state index in [-0.39, 0.29) is 0 Å². The van der Waals surface area contributed by atoms with Gasteiger partial charge in [0.05, 0.1) is 12.3 Å². The first-order valence-corrected chi connectivity index (χ1v) is 11.3. The minimum atomic E-state index is 0.537. The summed E-state index contributed by atoms with van der Waals surface area (Å²) in [7, 11) is 0. The van der Waals surface area contributed by atoms with E-state index in [2.05, 4.69) is 55.2 Å². The topological polar surface area (TPSA) is 35.0 Å². The van der Waals surface area contributed by atoms with E-state index >= 15 is 0 Å². The van der Waals surface area contributed by atoms with Crippen LogP contribution in [0.3, 0.4) is 0 Å². The highest BCUT2D eigenvalue weighted by Gasteiger charge is 2.04. The molecule has 1 aromatic heterocycles. The van der Waals surface area contributed by atoms with Gasteiger partial charge in [0.2, 0.25) is 5.88 Å². The highest BCUT2D eigenvalue weighted by Crippen LogP contribution is 2.20. The molecule has 0 aliphatic carbocycles. The number of hydrogen-bond acceptors (Lipinski definition) is 3. The zero-order valence-corrected chi connectivity index (χ0v) is 18.1. The summed E-state index contributed by atoms with van der Waals surface area (Å²) in [5.41, 5.74) is 3.42. The number of hydrogen-bond donors (Lipinski definition) is 0. The largest absolute Gasteiger partial charge is 0.476 e. The zero-order valence-electron chi connectivity index (χ0n) is 18.1. The Kier molecular flexibility index (Phi) is 10.6. The Bertz CT molecular complexity index is 637. The molecule has 28 heavy (non-hydrogen) atoms. The molecule has 1 atom stereocenters. The maximum absolute atomic E-state index is 5.69. The quantitative estimate of drug-likeness (QED) is 0.323. The van der Waals surface area contributed by atoms with Gasteiger partial charge in [0, 0.05) is 11.6 Å². The van der Waals surface area contributed by atoms with Crippen LogP contribution < -0.4 is 4.74 Å². The van der Waals surface area contributed by atoms with E-state index < -0.39 is 0 Å². The van der Waals surface area contributed by atoms with Crippen LogP contribution in [0.1, 0.15) is 84.1 Å². The van der Waals surface area contributed by atoms with Crippen molar-refractivity contribution in [2.45, 2.75) is 85.0 Å². The second-order valence-corrected chi connectivity index (χ2v) is 8.00. The molecule has 0 fully saturated rings. The summed E-state index contributed by atoms with van der Waals surface area (Å²) < 4.78 is 5.69. The third-order valence-corrected chi connectivity index (χ3v) is 5.42. The number of benzene rings is 1. The third kappa shape index (κ3) is 8.41. The average molecular weight is 383 g/mol. The molecule has 1 aromatic carbocycles. The first-order chi connectivity index (χ1) is 13.7. The van der Waals surface area contributed by atoms with Gasteiger partial charge in [-0.05, 0) is 30.4 Å². The Hall–Kier alpha value is -1.90. The molecule has 0 radical (unpaired) electrons. The summed E-state index contributed by atoms with van der Waals surface area (Å²) in [4.78, 5) is 0. The minimum absolute atomic E-state index is 0.537. The fourth-order valence-corrected chi connectivity index (χ4v) is 3.20. The van der Waals surface area contributed by atoms with Crippen molar-refractivity contribution in [1.82, 2.24) is 10.2 Å². The fraction of sp³-hybridized carbons (Fsp3) is 0.600. The summed E-state index contributed by atoms with van der Waals surface area (Å²) >= 11 is 0. The molecule has 0 aliphatic rings. The number of aryl methyl sites for hydroxylation is 1. The summed E-state index contributed by atoms with van der Waals surface area (Å²) in [6, 6.07) is 12.7. The Balaban J connectivity index is 1.71. The minimum Gasteiger partial charge on any atom is -0.476 e. The normalized spacial score (nSPS) is 12.1. The molecular weight excluding hydrogens is 344 g/mol. The van der Waals surface area contributed by atoms with Crippen molar-refractivity contribution in [2.75, 3.05) is 6.61 Å². The molecule has 1 unspecified atom stereocenters. The van der Waals surface area contributed by atoms with Crippen molar-refractivity contribution in [3.8, 4) is 17.1 Å². The molecule has 2 aromatic rings. The lowest BCUT2D eigenvalue weighted by Gasteiger charge is -2.10. The smallest absolute Gasteiger partial charge is 0.233 e. The maximum atomic E-state index is 5.69. The molecule has 0 N–H and O–H groups in total. The molecule has 3 heteroatoms. The van der Waals surface area contributed by atoms with Crippen LogP contribution in [0.25, 0.3) is 11.3 Å². The first-order valence-electron chi connectivity index (χ1n) is 11.3. The van der Waals surface area contributed by atoms with E-state index in [0.717, 1.165) is 17.7 Å². The van der Waals surface area contributed by atoms with Crippen molar-refractivity contribution in [1.29, 1.82) is 0 Å². The lowest BCUT2D eigenvalue weighted by molar-refractivity contribution is 0.245.